The average Bonchev–Trinajstić information content (AvgIpc) is 2.34. The normalized spacial score (nSPS) is 11.1. The molecule has 0 amide bonds. The number of nitrogens with one attached hydrogen (secondary N) is 1. The van der Waals surface area contributed by atoms with Gasteiger partial charge in [0, 0.05) is 15.7 Å². The minimum Gasteiger partial charge on any atom is -0.342 e. The summed E-state index contributed by atoms with van der Waals surface area (Å²) in [7, 11) is 0. The van der Waals surface area contributed by atoms with Crippen molar-refractivity contribution in [1.82, 2.24) is 9.97 Å². The number of aromatic amines is 1. The van der Waals surface area contributed by atoms with Crippen molar-refractivity contribution in [2.24, 2.45) is 5.92 Å². The molecule has 0 fully saturated rings. The molecule has 0 unspecified atom stereocenters. The molecule has 2 rings (SSSR count). The van der Waals surface area contributed by atoms with Crippen molar-refractivity contribution in [3.63, 3.8) is 0 Å². The number of H-pyrrole nitrogens is 1. The standard InChI is InChI=1S/C15H16Br2N2S/c1-8(2)6-12-13(17)15(20)19-14(18-12)11-5-4-10(16)7-9(11)3/h4-5,7-8H,6H2,1-3H3,(H,18,19,20). The van der Waals surface area contributed by atoms with E-state index >= 15 is 0 Å². The van der Waals surface area contributed by atoms with E-state index in [1.165, 1.54) is 0 Å². The topological polar surface area (TPSA) is 28.7 Å². The summed E-state index contributed by atoms with van der Waals surface area (Å²) in [5.74, 6) is 1.39. The number of hydrogen-bond acceptors (Lipinski definition) is 2. The Bertz CT molecular complexity index is 693. The smallest absolute Gasteiger partial charge is 0.144 e. The number of aryl methyl sites for hydroxylation is 1. The van der Waals surface area contributed by atoms with Crippen LogP contribution in [0.1, 0.15) is 25.1 Å². The Morgan fingerprint density at radius 2 is 2.00 bits per heavy atom. The van der Waals surface area contributed by atoms with Gasteiger partial charge >= 0.3 is 0 Å². The van der Waals surface area contributed by atoms with Crippen LogP contribution in [0.15, 0.2) is 27.1 Å². The zero-order valence-corrected chi connectivity index (χ0v) is 15.6. The molecule has 1 aromatic carbocycles. The first-order valence-electron chi connectivity index (χ1n) is 6.43. The van der Waals surface area contributed by atoms with Gasteiger partial charge in [0.05, 0.1) is 4.47 Å². The third kappa shape index (κ3) is 3.57. The minimum atomic E-state index is 0.554. The molecule has 0 aliphatic heterocycles. The lowest BCUT2D eigenvalue weighted by molar-refractivity contribution is 0.632. The van der Waals surface area contributed by atoms with Gasteiger partial charge < -0.3 is 4.98 Å². The van der Waals surface area contributed by atoms with Crippen molar-refractivity contribution < 1.29 is 0 Å². The van der Waals surface area contributed by atoms with Crippen molar-refractivity contribution in [1.29, 1.82) is 0 Å². The quantitative estimate of drug-likeness (QED) is 0.638. The Labute approximate surface area is 141 Å². The SMILES string of the molecule is Cc1cc(Br)ccc1-c1nc(=S)c(Br)c(CC(C)C)[nH]1. The summed E-state index contributed by atoms with van der Waals surface area (Å²) in [6.45, 7) is 6.45. The van der Waals surface area contributed by atoms with Gasteiger partial charge in [-0.3, -0.25) is 0 Å². The van der Waals surface area contributed by atoms with E-state index in [9.17, 15) is 0 Å². The van der Waals surface area contributed by atoms with Crippen LogP contribution in [0.3, 0.4) is 0 Å². The van der Waals surface area contributed by atoms with Crippen molar-refractivity contribution in [3.8, 4) is 11.4 Å². The molecular weight excluding hydrogens is 400 g/mol. The van der Waals surface area contributed by atoms with Crippen molar-refractivity contribution >= 4 is 44.1 Å². The molecular formula is C15H16Br2N2S. The Hall–Kier alpha value is -0.520. The first-order chi connectivity index (χ1) is 9.38. The lowest BCUT2D eigenvalue weighted by atomic mass is 10.1. The van der Waals surface area contributed by atoms with Crippen molar-refractivity contribution in [2.45, 2.75) is 27.2 Å². The highest BCUT2D eigenvalue weighted by Crippen LogP contribution is 2.26. The number of rotatable bonds is 3. The van der Waals surface area contributed by atoms with E-state index in [-0.39, 0.29) is 0 Å². The third-order valence-corrected chi connectivity index (χ3v) is 4.90. The fourth-order valence-corrected chi connectivity index (χ4v) is 3.11. The van der Waals surface area contributed by atoms with Crippen LogP contribution in [0.5, 0.6) is 0 Å². The second-order valence-electron chi connectivity index (χ2n) is 5.24. The van der Waals surface area contributed by atoms with Gasteiger partial charge in [-0.05, 0) is 59.0 Å². The van der Waals surface area contributed by atoms with E-state index in [2.05, 4.69) is 74.7 Å². The fraction of sp³-hybridized carbons (Fsp3) is 0.333. The monoisotopic (exact) mass is 414 g/mol. The Balaban J connectivity index is 2.57. The Kier molecular flexibility index (Phi) is 5.15. The number of benzene rings is 1. The lowest BCUT2D eigenvalue weighted by Crippen LogP contribution is -2.03. The summed E-state index contributed by atoms with van der Waals surface area (Å²) < 4.78 is 2.58. The fourth-order valence-electron chi connectivity index (χ4n) is 2.07. The molecule has 2 aromatic rings. The van der Waals surface area contributed by atoms with Crippen LogP contribution in [-0.4, -0.2) is 9.97 Å². The van der Waals surface area contributed by atoms with Gasteiger partial charge in [-0.25, -0.2) is 4.98 Å². The van der Waals surface area contributed by atoms with Crippen LogP contribution in [-0.2, 0) is 6.42 Å². The van der Waals surface area contributed by atoms with Crippen molar-refractivity contribution in [3.05, 3.63) is 43.0 Å². The minimum absolute atomic E-state index is 0.554. The van der Waals surface area contributed by atoms with Gasteiger partial charge in [-0.2, -0.15) is 0 Å². The molecule has 20 heavy (non-hydrogen) atoms. The molecule has 0 aliphatic carbocycles. The molecule has 5 heteroatoms. The Morgan fingerprint density at radius 1 is 1.30 bits per heavy atom. The molecule has 1 heterocycles. The summed E-state index contributed by atoms with van der Waals surface area (Å²) in [6, 6.07) is 6.16. The van der Waals surface area contributed by atoms with Crippen LogP contribution >= 0.6 is 44.1 Å². The zero-order chi connectivity index (χ0) is 14.9. The predicted octanol–water partition coefficient (Wildman–Crippen LogP) is 5.84. The number of hydrogen-bond donors (Lipinski definition) is 1. The van der Waals surface area contributed by atoms with Crippen LogP contribution in [0.25, 0.3) is 11.4 Å². The van der Waals surface area contributed by atoms with Crippen LogP contribution in [0.2, 0.25) is 0 Å². The summed E-state index contributed by atoms with van der Waals surface area (Å²) >= 11 is 12.4. The number of nitrogens with zero attached hydrogens (tertiary/aromatic N) is 1. The van der Waals surface area contributed by atoms with Crippen LogP contribution in [0, 0.1) is 17.5 Å². The molecule has 0 saturated heterocycles. The molecule has 0 radical (unpaired) electrons. The molecule has 2 nitrogen and oxygen atoms in total. The Morgan fingerprint density at radius 3 is 2.60 bits per heavy atom. The van der Waals surface area contributed by atoms with Gasteiger partial charge in [-0.1, -0.05) is 42.0 Å². The third-order valence-electron chi connectivity index (χ3n) is 2.99. The van der Waals surface area contributed by atoms with E-state index in [1.807, 2.05) is 6.07 Å². The first-order valence-corrected chi connectivity index (χ1v) is 8.43. The van der Waals surface area contributed by atoms with Gasteiger partial charge in [0.25, 0.3) is 0 Å². The highest BCUT2D eigenvalue weighted by Gasteiger charge is 2.11. The number of aromatic nitrogens is 2. The largest absolute Gasteiger partial charge is 0.342 e. The van der Waals surface area contributed by atoms with Crippen molar-refractivity contribution in [2.75, 3.05) is 0 Å². The van der Waals surface area contributed by atoms with E-state index in [4.69, 9.17) is 12.2 Å². The van der Waals surface area contributed by atoms with Gasteiger partial charge in [-0.15, -0.1) is 0 Å². The zero-order valence-electron chi connectivity index (χ0n) is 11.6. The molecule has 0 aliphatic rings. The van der Waals surface area contributed by atoms with E-state index in [0.29, 0.717) is 10.6 Å². The lowest BCUT2D eigenvalue weighted by Gasteiger charge is -2.12. The second-order valence-corrected chi connectivity index (χ2v) is 7.34. The summed E-state index contributed by atoms with van der Waals surface area (Å²) in [6.07, 6.45) is 0.940. The maximum absolute atomic E-state index is 5.36. The molecule has 0 atom stereocenters. The van der Waals surface area contributed by atoms with Crippen LogP contribution < -0.4 is 0 Å². The molecule has 0 spiro atoms. The van der Waals surface area contributed by atoms with Crippen LogP contribution in [0.4, 0.5) is 0 Å². The average molecular weight is 416 g/mol. The van der Waals surface area contributed by atoms with Gasteiger partial charge in [0.1, 0.15) is 10.5 Å². The van der Waals surface area contributed by atoms with E-state index < -0.39 is 0 Å². The maximum atomic E-state index is 5.36. The predicted molar refractivity (Wildman–Crippen MR) is 93.5 cm³/mol. The van der Waals surface area contributed by atoms with Gasteiger partial charge in [0.2, 0.25) is 0 Å². The van der Waals surface area contributed by atoms with E-state index in [1.54, 1.807) is 0 Å². The molecule has 1 aromatic heterocycles. The summed E-state index contributed by atoms with van der Waals surface area (Å²) in [5, 5.41) is 0. The molecule has 1 N–H and O–H groups in total. The van der Waals surface area contributed by atoms with E-state index in [0.717, 1.165) is 38.0 Å². The summed E-state index contributed by atoms with van der Waals surface area (Å²) in [5.41, 5.74) is 3.35. The second kappa shape index (κ2) is 6.50. The van der Waals surface area contributed by atoms with Gasteiger partial charge in [0.15, 0.2) is 0 Å². The highest BCUT2D eigenvalue weighted by molar-refractivity contribution is 9.10. The summed E-state index contributed by atoms with van der Waals surface area (Å²) in [4.78, 5) is 7.92. The number of halogens is 2. The first kappa shape index (κ1) is 15.9. The molecule has 0 saturated carbocycles. The molecule has 0 bridgehead atoms. The highest BCUT2D eigenvalue weighted by atomic mass is 79.9. The maximum Gasteiger partial charge on any atom is 0.144 e. The molecule has 106 valence electrons.